The minimum atomic E-state index is -0.528. The zero-order chi connectivity index (χ0) is 20.2. The van der Waals surface area contributed by atoms with E-state index >= 15 is 0 Å². The molecule has 1 aromatic rings. The number of carbonyl (C=O) groups excluding carboxylic acids is 2. The molecule has 0 unspecified atom stereocenters. The zero-order valence-electron chi connectivity index (χ0n) is 16.5. The van der Waals surface area contributed by atoms with Gasteiger partial charge in [-0.15, -0.1) is 0 Å². The second-order valence-corrected chi connectivity index (χ2v) is 7.31. The Labute approximate surface area is 159 Å². The first kappa shape index (κ1) is 20.6. The first-order valence-electron chi connectivity index (χ1n) is 8.76. The summed E-state index contributed by atoms with van der Waals surface area (Å²) in [5.41, 5.74) is 0.346. The van der Waals surface area contributed by atoms with Crippen LogP contribution in [0.1, 0.15) is 49.5 Å². The van der Waals surface area contributed by atoms with Gasteiger partial charge < -0.3 is 24.3 Å². The summed E-state index contributed by atoms with van der Waals surface area (Å²) >= 11 is 0. The molecule has 7 heteroatoms. The number of alkyl carbamates (subject to hydrolysis) is 1. The maximum absolute atomic E-state index is 11.9. The molecule has 2 rings (SSSR count). The van der Waals surface area contributed by atoms with Gasteiger partial charge in [-0.2, -0.15) is 0 Å². The highest BCUT2D eigenvalue weighted by Crippen LogP contribution is 2.37. The number of ether oxygens (including phenoxy) is 4. The van der Waals surface area contributed by atoms with Gasteiger partial charge in [0.2, 0.25) is 0 Å². The Morgan fingerprint density at radius 1 is 1.22 bits per heavy atom. The topological polar surface area (TPSA) is 83.1 Å². The van der Waals surface area contributed by atoms with E-state index in [2.05, 4.69) is 11.9 Å². The molecule has 1 N–H and O–H groups in total. The summed E-state index contributed by atoms with van der Waals surface area (Å²) in [4.78, 5) is 23.7. The number of methoxy groups -OCH3 is 2. The molecule has 0 aliphatic heterocycles. The molecular weight excluding hydrogens is 350 g/mol. The Kier molecular flexibility index (Phi) is 6.36. The fourth-order valence-electron chi connectivity index (χ4n) is 2.81. The molecule has 27 heavy (non-hydrogen) atoms. The first-order chi connectivity index (χ1) is 12.7. The smallest absolute Gasteiger partial charge is 0.407 e. The van der Waals surface area contributed by atoms with Crippen LogP contribution in [0.4, 0.5) is 4.79 Å². The summed E-state index contributed by atoms with van der Waals surface area (Å²) in [5.74, 6) is 0.470. The van der Waals surface area contributed by atoms with Crippen LogP contribution in [0.25, 0.3) is 6.08 Å². The number of hydrogen-bond acceptors (Lipinski definition) is 6. The quantitative estimate of drug-likeness (QED) is 0.763. The van der Waals surface area contributed by atoms with Gasteiger partial charge in [-0.3, -0.25) is 0 Å². The van der Waals surface area contributed by atoms with Crippen molar-refractivity contribution in [3.8, 4) is 11.5 Å². The number of benzene rings is 1. The third-order valence-electron chi connectivity index (χ3n) is 4.08. The Morgan fingerprint density at radius 3 is 2.41 bits per heavy atom. The molecule has 0 spiro atoms. The first-order valence-corrected chi connectivity index (χ1v) is 8.76. The van der Waals surface area contributed by atoms with Crippen molar-refractivity contribution >= 4 is 18.1 Å². The monoisotopic (exact) mass is 377 g/mol. The third-order valence-corrected chi connectivity index (χ3v) is 4.08. The highest BCUT2D eigenvalue weighted by atomic mass is 16.6. The molecule has 0 radical (unpaired) electrons. The lowest BCUT2D eigenvalue weighted by atomic mass is 9.89. The highest BCUT2D eigenvalue weighted by molar-refractivity contribution is 5.95. The second kappa shape index (κ2) is 8.33. The molecular formula is C20H27NO6. The van der Waals surface area contributed by atoms with E-state index in [0.29, 0.717) is 35.5 Å². The van der Waals surface area contributed by atoms with Crippen LogP contribution in [0.15, 0.2) is 18.7 Å². The molecule has 148 valence electrons. The number of nitrogens with one attached hydrogen (secondary N) is 1. The van der Waals surface area contributed by atoms with Gasteiger partial charge in [0.15, 0.2) is 11.5 Å². The van der Waals surface area contributed by atoms with Crippen molar-refractivity contribution in [2.24, 2.45) is 0 Å². The fourth-order valence-corrected chi connectivity index (χ4v) is 2.81. The van der Waals surface area contributed by atoms with E-state index in [0.717, 1.165) is 0 Å². The van der Waals surface area contributed by atoms with Crippen LogP contribution in [-0.4, -0.2) is 44.0 Å². The van der Waals surface area contributed by atoms with Crippen molar-refractivity contribution in [1.29, 1.82) is 0 Å². The Balaban J connectivity index is 2.00. The fraction of sp³-hybridized carbons (Fsp3) is 0.500. The van der Waals surface area contributed by atoms with Gasteiger partial charge in [-0.05, 0) is 32.9 Å². The molecule has 0 bridgehead atoms. The van der Waals surface area contributed by atoms with Crippen molar-refractivity contribution in [3.05, 3.63) is 29.8 Å². The number of amides is 1. The van der Waals surface area contributed by atoms with Crippen LogP contribution in [0, 0.1) is 0 Å². The lowest BCUT2D eigenvalue weighted by Crippen LogP contribution is -2.50. The van der Waals surface area contributed by atoms with E-state index in [1.165, 1.54) is 20.3 Å². The minimum Gasteiger partial charge on any atom is -0.492 e. The van der Waals surface area contributed by atoms with Crippen LogP contribution >= 0.6 is 0 Å². The van der Waals surface area contributed by atoms with Crippen molar-refractivity contribution in [3.63, 3.8) is 0 Å². The van der Waals surface area contributed by atoms with E-state index in [1.54, 1.807) is 12.1 Å². The van der Waals surface area contributed by atoms with Crippen molar-refractivity contribution < 1.29 is 28.5 Å². The van der Waals surface area contributed by atoms with E-state index in [-0.39, 0.29) is 12.1 Å². The number of rotatable bonds is 6. The Bertz CT molecular complexity index is 716. The highest BCUT2D eigenvalue weighted by Gasteiger charge is 2.34. The van der Waals surface area contributed by atoms with E-state index in [9.17, 15) is 9.59 Å². The lowest BCUT2D eigenvalue weighted by Gasteiger charge is -2.36. The molecule has 1 aliphatic rings. The Hall–Kier alpha value is -2.70. The standard InChI is InChI=1S/C20H27NO6/c1-7-14-15(18(22)25-6)8-9-16(17(14)24-5)26-13-10-12(11-13)21-19(23)27-20(2,3)4/h7-9,12-13H,1,10-11H2,2-6H3,(H,21,23). The molecule has 1 aliphatic carbocycles. The zero-order valence-corrected chi connectivity index (χ0v) is 16.5. The number of hydrogen-bond donors (Lipinski definition) is 1. The molecule has 0 saturated heterocycles. The summed E-state index contributed by atoms with van der Waals surface area (Å²) in [5, 5.41) is 2.82. The molecule has 0 aromatic heterocycles. The van der Waals surface area contributed by atoms with Crippen LogP contribution in [0.5, 0.6) is 11.5 Å². The summed E-state index contributed by atoms with van der Waals surface area (Å²) in [6, 6.07) is 3.30. The summed E-state index contributed by atoms with van der Waals surface area (Å²) in [6.45, 7) is 9.20. The average Bonchev–Trinajstić information content (AvgIpc) is 2.56. The normalized spacial score (nSPS) is 18.7. The van der Waals surface area contributed by atoms with Crippen LogP contribution in [0.3, 0.4) is 0 Å². The van der Waals surface area contributed by atoms with Crippen LogP contribution in [0.2, 0.25) is 0 Å². The average molecular weight is 377 g/mol. The number of esters is 1. The van der Waals surface area contributed by atoms with Gasteiger partial charge in [0.1, 0.15) is 11.7 Å². The molecule has 1 fully saturated rings. The van der Waals surface area contributed by atoms with Gasteiger partial charge >= 0.3 is 12.1 Å². The molecule has 7 nitrogen and oxygen atoms in total. The SMILES string of the molecule is C=Cc1c(C(=O)OC)ccc(OC2CC(NC(=O)OC(C)(C)C)C2)c1OC. The Morgan fingerprint density at radius 2 is 1.89 bits per heavy atom. The summed E-state index contributed by atoms with van der Waals surface area (Å²) < 4.78 is 21.4. The van der Waals surface area contributed by atoms with Crippen molar-refractivity contribution in [1.82, 2.24) is 5.32 Å². The molecule has 0 heterocycles. The second-order valence-electron chi connectivity index (χ2n) is 7.31. The van der Waals surface area contributed by atoms with E-state index < -0.39 is 17.7 Å². The number of carbonyl (C=O) groups is 2. The van der Waals surface area contributed by atoms with Gasteiger partial charge in [-0.25, -0.2) is 9.59 Å². The predicted octanol–water partition coefficient (Wildman–Crippen LogP) is 3.56. The maximum atomic E-state index is 11.9. The molecule has 1 saturated carbocycles. The van der Waals surface area contributed by atoms with Gasteiger partial charge in [0.25, 0.3) is 0 Å². The van der Waals surface area contributed by atoms with Crippen molar-refractivity contribution in [2.75, 3.05) is 14.2 Å². The minimum absolute atomic E-state index is 0.00376. The van der Waals surface area contributed by atoms with E-state index in [4.69, 9.17) is 18.9 Å². The maximum Gasteiger partial charge on any atom is 0.407 e. The van der Waals surface area contributed by atoms with Gasteiger partial charge in [0.05, 0.1) is 19.8 Å². The van der Waals surface area contributed by atoms with E-state index in [1.807, 2.05) is 20.8 Å². The van der Waals surface area contributed by atoms with Gasteiger partial charge in [0, 0.05) is 24.4 Å². The largest absolute Gasteiger partial charge is 0.492 e. The lowest BCUT2D eigenvalue weighted by molar-refractivity contribution is 0.0358. The summed E-state index contributed by atoms with van der Waals surface area (Å²) in [7, 11) is 2.82. The predicted molar refractivity (Wildman–Crippen MR) is 101 cm³/mol. The molecule has 0 atom stereocenters. The molecule has 1 aromatic carbocycles. The van der Waals surface area contributed by atoms with Crippen molar-refractivity contribution in [2.45, 2.75) is 51.4 Å². The van der Waals surface area contributed by atoms with Gasteiger partial charge in [-0.1, -0.05) is 12.7 Å². The summed E-state index contributed by atoms with van der Waals surface area (Å²) in [6.07, 6.45) is 2.35. The van der Waals surface area contributed by atoms with Crippen LogP contribution < -0.4 is 14.8 Å². The third kappa shape index (κ3) is 5.15. The van der Waals surface area contributed by atoms with Crippen LogP contribution in [-0.2, 0) is 9.47 Å². The molecule has 1 amide bonds.